The summed E-state index contributed by atoms with van der Waals surface area (Å²) in [7, 11) is 0. The van der Waals surface area contributed by atoms with Gasteiger partial charge in [0.1, 0.15) is 5.82 Å². The average Bonchev–Trinajstić information content (AvgIpc) is 2.41. The highest BCUT2D eigenvalue weighted by molar-refractivity contribution is 9.10. The molecule has 0 spiro atoms. The topological polar surface area (TPSA) is 49.8 Å². The molecule has 2 rings (SSSR count). The Morgan fingerprint density at radius 2 is 2.11 bits per heavy atom. The molecule has 0 aliphatic rings. The lowest BCUT2D eigenvalue weighted by molar-refractivity contribution is 0.966. The summed E-state index contributed by atoms with van der Waals surface area (Å²) in [4.78, 5) is 8.63. The second-order valence-electron chi connectivity index (χ2n) is 4.28. The summed E-state index contributed by atoms with van der Waals surface area (Å²) in [6.45, 7) is 5.08. The molecule has 2 N–H and O–H groups in total. The summed E-state index contributed by atoms with van der Waals surface area (Å²) < 4.78 is 1.09. The van der Waals surface area contributed by atoms with E-state index in [2.05, 4.69) is 56.4 Å². The van der Waals surface area contributed by atoms with E-state index in [0.717, 1.165) is 28.9 Å². The molecule has 5 heteroatoms. The van der Waals surface area contributed by atoms with Crippen LogP contribution < -0.4 is 10.6 Å². The Morgan fingerprint density at radius 1 is 1.26 bits per heavy atom. The van der Waals surface area contributed by atoms with Crippen LogP contribution in [0.5, 0.6) is 0 Å². The molecule has 0 saturated carbocycles. The van der Waals surface area contributed by atoms with Crippen LogP contribution in [0.25, 0.3) is 0 Å². The highest BCUT2D eigenvalue weighted by atomic mass is 79.9. The Morgan fingerprint density at radius 3 is 2.84 bits per heavy atom. The quantitative estimate of drug-likeness (QED) is 0.870. The second-order valence-corrected chi connectivity index (χ2v) is 5.14. The third-order valence-electron chi connectivity index (χ3n) is 2.63. The number of aryl methyl sites for hydroxylation is 1. The molecule has 1 aromatic carbocycles. The minimum atomic E-state index is 0.600. The van der Waals surface area contributed by atoms with E-state index in [9.17, 15) is 0 Å². The fourth-order valence-electron chi connectivity index (χ4n) is 1.62. The second kappa shape index (κ2) is 6.52. The van der Waals surface area contributed by atoms with Crippen molar-refractivity contribution in [3.8, 4) is 0 Å². The van der Waals surface area contributed by atoms with Gasteiger partial charge in [-0.25, -0.2) is 4.98 Å². The molecule has 100 valence electrons. The zero-order chi connectivity index (χ0) is 13.7. The third-order valence-corrected chi connectivity index (χ3v) is 3.52. The molecule has 0 unspecified atom stereocenters. The molecule has 0 saturated heterocycles. The predicted molar refractivity (Wildman–Crippen MR) is 83.0 cm³/mol. The van der Waals surface area contributed by atoms with Crippen LogP contribution in [-0.4, -0.2) is 16.5 Å². The Bertz CT molecular complexity index is 557. The molecule has 0 aliphatic heterocycles. The van der Waals surface area contributed by atoms with Crippen molar-refractivity contribution in [1.29, 1.82) is 0 Å². The first-order valence-electron chi connectivity index (χ1n) is 6.29. The summed E-state index contributed by atoms with van der Waals surface area (Å²) in [6.07, 6.45) is 2.82. The Hall–Kier alpha value is -1.62. The van der Waals surface area contributed by atoms with Crippen molar-refractivity contribution >= 4 is 33.4 Å². The van der Waals surface area contributed by atoms with Crippen LogP contribution >= 0.6 is 15.9 Å². The predicted octanol–water partition coefficient (Wildman–Crippen LogP) is 4.11. The standard InChI is InChI=1S/C14H17BrN4/c1-3-7-16-13-6-8-17-14(19-13)18-11-4-5-12(15)10(2)9-11/h4-6,8-9H,3,7H2,1-2H3,(H2,16,17,18,19). The van der Waals surface area contributed by atoms with Crippen molar-refractivity contribution < 1.29 is 0 Å². The lowest BCUT2D eigenvalue weighted by Crippen LogP contribution is -2.04. The summed E-state index contributed by atoms with van der Waals surface area (Å²) in [6, 6.07) is 7.93. The van der Waals surface area contributed by atoms with Crippen molar-refractivity contribution in [3.05, 3.63) is 40.5 Å². The highest BCUT2D eigenvalue weighted by Crippen LogP contribution is 2.22. The van der Waals surface area contributed by atoms with Crippen LogP contribution in [0.15, 0.2) is 34.9 Å². The number of aromatic nitrogens is 2. The van der Waals surface area contributed by atoms with Crippen molar-refractivity contribution in [2.45, 2.75) is 20.3 Å². The largest absolute Gasteiger partial charge is 0.370 e. The fourth-order valence-corrected chi connectivity index (χ4v) is 1.87. The van der Waals surface area contributed by atoms with E-state index in [-0.39, 0.29) is 0 Å². The molecule has 0 bridgehead atoms. The summed E-state index contributed by atoms with van der Waals surface area (Å²) >= 11 is 3.49. The smallest absolute Gasteiger partial charge is 0.229 e. The first kappa shape index (κ1) is 13.8. The van der Waals surface area contributed by atoms with Crippen molar-refractivity contribution in [2.24, 2.45) is 0 Å². The third kappa shape index (κ3) is 3.92. The highest BCUT2D eigenvalue weighted by Gasteiger charge is 2.01. The number of nitrogens with one attached hydrogen (secondary N) is 2. The van der Waals surface area contributed by atoms with E-state index in [1.54, 1.807) is 6.20 Å². The molecule has 0 atom stereocenters. The number of rotatable bonds is 5. The summed E-state index contributed by atoms with van der Waals surface area (Å²) in [5.41, 5.74) is 2.15. The number of hydrogen-bond acceptors (Lipinski definition) is 4. The summed E-state index contributed by atoms with van der Waals surface area (Å²) in [5.74, 6) is 1.44. The van der Waals surface area contributed by atoms with Gasteiger partial charge in [0.15, 0.2) is 0 Å². The molecule has 1 aromatic heterocycles. The van der Waals surface area contributed by atoms with E-state index >= 15 is 0 Å². The molecule has 4 nitrogen and oxygen atoms in total. The molecule has 0 fully saturated rings. The molecule has 0 amide bonds. The first-order valence-corrected chi connectivity index (χ1v) is 7.08. The van der Waals surface area contributed by atoms with Gasteiger partial charge in [-0.15, -0.1) is 0 Å². The molecule has 0 aliphatic carbocycles. The van der Waals surface area contributed by atoms with E-state index < -0.39 is 0 Å². The zero-order valence-corrected chi connectivity index (χ0v) is 12.7. The Labute approximate surface area is 121 Å². The number of nitrogens with zero attached hydrogens (tertiary/aromatic N) is 2. The van der Waals surface area contributed by atoms with Gasteiger partial charge in [0.25, 0.3) is 0 Å². The average molecular weight is 321 g/mol. The molecular weight excluding hydrogens is 304 g/mol. The van der Waals surface area contributed by atoms with Gasteiger partial charge in [-0.1, -0.05) is 22.9 Å². The summed E-state index contributed by atoms with van der Waals surface area (Å²) in [5, 5.41) is 6.45. The van der Waals surface area contributed by atoms with E-state index in [1.807, 2.05) is 18.2 Å². The first-order chi connectivity index (χ1) is 9.19. The molecule has 1 heterocycles. The van der Waals surface area contributed by atoms with Crippen LogP contribution in [0, 0.1) is 6.92 Å². The maximum atomic E-state index is 4.41. The number of hydrogen-bond donors (Lipinski definition) is 2. The Kier molecular flexibility index (Phi) is 4.74. The fraction of sp³-hybridized carbons (Fsp3) is 0.286. The lowest BCUT2D eigenvalue weighted by Gasteiger charge is -2.08. The van der Waals surface area contributed by atoms with Gasteiger partial charge in [-0.05, 0) is 43.2 Å². The van der Waals surface area contributed by atoms with Gasteiger partial charge in [-0.2, -0.15) is 4.98 Å². The van der Waals surface area contributed by atoms with Crippen LogP contribution in [-0.2, 0) is 0 Å². The van der Waals surface area contributed by atoms with Gasteiger partial charge in [-0.3, -0.25) is 0 Å². The van der Waals surface area contributed by atoms with Crippen molar-refractivity contribution in [3.63, 3.8) is 0 Å². The molecule has 0 radical (unpaired) electrons. The molecule has 19 heavy (non-hydrogen) atoms. The monoisotopic (exact) mass is 320 g/mol. The van der Waals surface area contributed by atoms with Gasteiger partial charge >= 0.3 is 0 Å². The van der Waals surface area contributed by atoms with Crippen molar-refractivity contribution in [1.82, 2.24) is 9.97 Å². The maximum Gasteiger partial charge on any atom is 0.229 e. The van der Waals surface area contributed by atoms with E-state index in [4.69, 9.17) is 0 Å². The minimum Gasteiger partial charge on any atom is -0.370 e. The van der Waals surface area contributed by atoms with Gasteiger partial charge < -0.3 is 10.6 Å². The normalized spacial score (nSPS) is 10.3. The van der Waals surface area contributed by atoms with E-state index in [1.165, 1.54) is 5.56 Å². The van der Waals surface area contributed by atoms with Crippen LogP contribution in [0.3, 0.4) is 0 Å². The van der Waals surface area contributed by atoms with Crippen LogP contribution in [0.4, 0.5) is 17.5 Å². The minimum absolute atomic E-state index is 0.600. The zero-order valence-electron chi connectivity index (χ0n) is 11.1. The van der Waals surface area contributed by atoms with E-state index in [0.29, 0.717) is 5.95 Å². The van der Waals surface area contributed by atoms with Crippen molar-refractivity contribution in [2.75, 3.05) is 17.2 Å². The lowest BCUT2D eigenvalue weighted by atomic mass is 10.2. The number of anilines is 3. The molecular formula is C14H17BrN4. The van der Waals surface area contributed by atoms with Gasteiger partial charge in [0.05, 0.1) is 0 Å². The number of benzene rings is 1. The van der Waals surface area contributed by atoms with Gasteiger partial charge in [0, 0.05) is 22.9 Å². The van der Waals surface area contributed by atoms with Crippen LogP contribution in [0.1, 0.15) is 18.9 Å². The maximum absolute atomic E-state index is 4.41. The van der Waals surface area contributed by atoms with Crippen LogP contribution in [0.2, 0.25) is 0 Å². The SMILES string of the molecule is CCCNc1ccnc(Nc2ccc(Br)c(C)c2)n1. The number of halogens is 1. The van der Waals surface area contributed by atoms with Gasteiger partial charge in [0.2, 0.25) is 5.95 Å². The molecule has 2 aromatic rings. The Balaban J connectivity index is 2.11.